The Balaban J connectivity index is 1.10. The lowest BCUT2D eigenvalue weighted by Gasteiger charge is -2.47. The molecule has 2 saturated heterocycles. The maximum absolute atomic E-state index is 6.91. The molecule has 0 bridgehead atoms. The summed E-state index contributed by atoms with van der Waals surface area (Å²) in [5.41, 5.74) is 6.01. The fourth-order valence-corrected chi connectivity index (χ4v) is 8.27. The molecule has 0 radical (unpaired) electrons. The van der Waals surface area contributed by atoms with E-state index in [1.54, 1.807) is 13.2 Å². The van der Waals surface area contributed by atoms with Crippen LogP contribution in [0.2, 0.25) is 0 Å². The molecule has 0 spiro atoms. The predicted molar refractivity (Wildman–Crippen MR) is 251 cm³/mol. The summed E-state index contributed by atoms with van der Waals surface area (Å²) in [7, 11) is 1.61. The highest BCUT2D eigenvalue weighted by Crippen LogP contribution is 2.35. The van der Waals surface area contributed by atoms with E-state index in [9.17, 15) is 0 Å². The molecule has 6 aromatic rings. The monoisotopic (exact) mass is 892 g/mol. The fourth-order valence-electron chi connectivity index (χ4n) is 8.27. The zero-order valence-electron chi connectivity index (χ0n) is 37.4. The van der Waals surface area contributed by atoms with Crippen molar-refractivity contribution < 1.29 is 47.4 Å². The van der Waals surface area contributed by atoms with Crippen molar-refractivity contribution in [3.8, 4) is 0 Å². The number of benzene rings is 6. The molecular formula is C56H60O10. The molecule has 0 amide bonds. The van der Waals surface area contributed by atoms with E-state index in [-0.39, 0.29) is 19.8 Å². The van der Waals surface area contributed by atoms with Gasteiger partial charge in [-0.1, -0.05) is 188 Å². The molecule has 8 rings (SSSR count). The number of hydrogen-bond donors (Lipinski definition) is 0. The van der Waals surface area contributed by atoms with Crippen molar-refractivity contribution in [3.63, 3.8) is 0 Å². The average molecular weight is 893 g/mol. The number of rotatable bonds is 23. The molecule has 66 heavy (non-hydrogen) atoms. The van der Waals surface area contributed by atoms with Gasteiger partial charge in [-0.3, -0.25) is 0 Å². The second-order valence-electron chi connectivity index (χ2n) is 16.4. The lowest BCUT2D eigenvalue weighted by molar-refractivity contribution is -0.345. The molecule has 0 aliphatic carbocycles. The third kappa shape index (κ3) is 13.2. The molecule has 10 heteroatoms. The summed E-state index contributed by atoms with van der Waals surface area (Å²) in [5, 5.41) is 0. The minimum atomic E-state index is -0.954. The molecule has 0 aromatic heterocycles. The van der Waals surface area contributed by atoms with Crippen molar-refractivity contribution >= 4 is 0 Å². The van der Waals surface area contributed by atoms with E-state index in [0.29, 0.717) is 26.4 Å². The van der Waals surface area contributed by atoms with E-state index < -0.39 is 61.4 Å². The lowest BCUT2D eigenvalue weighted by Crippen LogP contribution is -2.63. The van der Waals surface area contributed by atoms with Gasteiger partial charge in [0.2, 0.25) is 0 Å². The van der Waals surface area contributed by atoms with E-state index in [2.05, 4.69) is 6.58 Å². The van der Waals surface area contributed by atoms with Crippen LogP contribution >= 0.6 is 0 Å². The van der Waals surface area contributed by atoms with Crippen LogP contribution in [0.5, 0.6) is 0 Å². The second kappa shape index (κ2) is 25.0. The van der Waals surface area contributed by atoms with Gasteiger partial charge >= 0.3 is 0 Å². The Kier molecular flexibility index (Phi) is 17.8. The second-order valence-corrected chi connectivity index (χ2v) is 16.4. The van der Waals surface area contributed by atoms with Gasteiger partial charge in [0.05, 0.1) is 46.2 Å². The summed E-state index contributed by atoms with van der Waals surface area (Å²) >= 11 is 0. The molecular weight excluding hydrogens is 833 g/mol. The molecule has 2 fully saturated rings. The van der Waals surface area contributed by atoms with E-state index >= 15 is 0 Å². The normalized spacial score (nSPS) is 25.3. The zero-order chi connectivity index (χ0) is 45.2. The van der Waals surface area contributed by atoms with Crippen LogP contribution in [0.4, 0.5) is 0 Å². The minimum absolute atomic E-state index is 0.0105. The smallest absolute Gasteiger partial charge is 0.187 e. The molecule has 0 N–H and O–H groups in total. The highest BCUT2D eigenvalue weighted by atomic mass is 16.7. The van der Waals surface area contributed by atoms with E-state index in [1.807, 2.05) is 182 Å². The molecule has 0 unspecified atom stereocenters. The number of ether oxygens (including phenoxy) is 10. The molecule has 2 heterocycles. The van der Waals surface area contributed by atoms with Gasteiger partial charge in [-0.2, -0.15) is 0 Å². The van der Waals surface area contributed by atoms with Crippen LogP contribution in [0.1, 0.15) is 33.4 Å². The maximum Gasteiger partial charge on any atom is 0.187 e. The van der Waals surface area contributed by atoms with Gasteiger partial charge in [-0.05, 0) is 33.4 Å². The summed E-state index contributed by atoms with van der Waals surface area (Å²) in [6.45, 7) is 6.00. The fraction of sp³-hybridized carbons (Fsp3) is 0.321. The highest BCUT2D eigenvalue weighted by Gasteiger charge is 2.51. The number of methoxy groups -OCH3 is 1. The van der Waals surface area contributed by atoms with Gasteiger partial charge in [0.1, 0.15) is 48.8 Å². The Labute approximate surface area is 388 Å². The topological polar surface area (TPSA) is 92.3 Å². The number of hydrogen-bond acceptors (Lipinski definition) is 10. The van der Waals surface area contributed by atoms with Gasteiger partial charge in [-0.25, -0.2) is 0 Å². The van der Waals surface area contributed by atoms with Crippen LogP contribution < -0.4 is 0 Å². The third-order valence-electron chi connectivity index (χ3n) is 11.7. The van der Waals surface area contributed by atoms with Crippen LogP contribution in [0.3, 0.4) is 0 Å². The molecule has 2 aliphatic heterocycles. The standard InChI is InChI=1S/C56H60O10/c1-3-47-49(58-34-41-22-10-4-11-23-41)51(60-36-43-26-14-6-15-27-43)54(63-39-46-32-20-9-21-33-46)56(65-47)64-40-48-50(59-35-42-24-12-5-13-25-42)52(61-37-44-28-16-7-17-29-44)53(55(57-2)66-48)62-38-45-30-18-8-19-31-45/h3-33,47-56H,1,34-40H2,2H3/t47-,48-,49-,50-,51+,52+,53-,54-,55+,56+/m1/s1. The van der Waals surface area contributed by atoms with Gasteiger partial charge in [0.25, 0.3) is 0 Å². The molecule has 0 saturated carbocycles. The summed E-state index contributed by atoms with van der Waals surface area (Å²) in [4.78, 5) is 0. The maximum atomic E-state index is 6.91. The van der Waals surface area contributed by atoms with Gasteiger partial charge in [-0.15, -0.1) is 6.58 Å². The SMILES string of the molecule is C=C[C@H]1O[C@H](OC[C@H]2O[C@H](OC)[C@H](OCc3ccccc3)[C@@H](OCc3ccccc3)[C@@H]2OCc2ccccc2)[C@H](OCc2ccccc2)[C@@H](OCc2ccccc2)[C@@H]1OCc1ccccc1. The zero-order valence-corrected chi connectivity index (χ0v) is 37.4. The lowest BCUT2D eigenvalue weighted by atomic mass is 9.96. The van der Waals surface area contributed by atoms with Crippen LogP contribution in [0.15, 0.2) is 195 Å². The van der Waals surface area contributed by atoms with Crippen LogP contribution in [0, 0.1) is 0 Å². The summed E-state index contributed by atoms with van der Waals surface area (Å²) in [6.07, 6.45) is -5.42. The van der Waals surface area contributed by atoms with Gasteiger partial charge in [0, 0.05) is 7.11 Å². The summed E-state index contributed by atoms with van der Waals surface area (Å²) < 4.78 is 67.5. The molecule has 10 nitrogen and oxygen atoms in total. The van der Waals surface area contributed by atoms with Crippen molar-refractivity contribution in [3.05, 3.63) is 228 Å². The van der Waals surface area contributed by atoms with E-state index in [0.717, 1.165) is 33.4 Å². The van der Waals surface area contributed by atoms with Crippen LogP contribution in [0.25, 0.3) is 0 Å². The van der Waals surface area contributed by atoms with E-state index in [1.165, 1.54) is 0 Å². The highest BCUT2D eigenvalue weighted by molar-refractivity contribution is 5.18. The molecule has 2 aliphatic rings. The van der Waals surface area contributed by atoms with Gasteiger partial charge in [0.15, 0.2) is 12.6 Å². The first-order valence-corrected chi connectivity index (χ1v) is 22.7. The Bertz CT molecular complexity index is 2250. The van der Waals surface area contributed by atoms with Crippen molar-refractivity contribution in [1.82, 2.24) is 0 Å². The largest absolute Gasteiger partial charge is 0.368 e. The third-order valence-corrected chi connectivity index (χ3v) is 11.7. The van der Waals surface area contributed by atoms with Crippen molar-refractivity contribution in [2.24, 2.45) is 0 Å². The first-order chi connectivity index (χ1) is 32.6. The van der Waals surface area contributed by atoms with Crippen molar-refractivity contribution in [2.75, 3.05) is 13.7 Å². The predicted octanol–water partition coefficient (Wildman–Crippen LogP) is 9.80. The first kappa shape index (κ1) is 47.2. The molecule has 344 valence electrons. The molecule has 10 atom stereocenters. The Morgan fingerprint density at radius 2 is 0.667 bits per heavy atom. The Hall–Kier alpha value is -5.34. The van der Waals surface area contributed by atoms with Crippen molar-refractivity contribution in [2.45, 2.75) is 101 Å². The average Bonchev–Trinajstić information content (AvgIpc) is 3.38. The van der Waals surface area contributed by atoms with Crippen LogP contribution in [-0.2, 0) is 87.0 Å². The van der Waals surface area contributed by atoms with E-state index in [4.69, 9.17) is 47.4 Å². The van der Waals surface area contributed by atoms with Crippen LogP contribution in [-0.4, -0.2) is 75.1 Å². The minimum Gasteiger partial charge on any atom is -0.368 e. The first-order valence-electron chi connectivity index (χ1n) is 22.7. The van der Waals surface area contributed by atoms with Crippen molar-refractivity contribution in [1.29, 1.82) is 0 Å². The Morgan fingerprint density at radius 3 is 1.02 bits per heavy atom. The molecule has 6 aromatic carbocycles. The Morgan fingerprint density at radius 1 is 0.364 bits per heavy atom. The summed E-state index contributed by atoms with van der Waals surface area (Å²) in [5.74, 6) is 0. The van der Waals surface area contributed by atoms with Gasteiger partial charge < -0.3 is 47.4 Å². The summed E-state index contributed by atoms with van der Waals surface area (Å²) in [6, 6.07) is 60.2. The quantitative estimate of drug-likeness (QED) is 0.0580.